The summed E-state index contributed by atoms with van der Waals surface area (Å²) in [4.78, 5) is 4.83. The highest BCUT2D eigenvalue weighted by Gasteiger charge is 2.26. The molecule has 0 radical (unpaired) electrons. The van der Waals surface area contributed by atoms with Crippen LogP contribution in [-0.4, -0.2) is 19.7 Å². The van der Waals surface area contributed by atoms with E-state index in [1.165, 1.54) is 18.5 Å². The van der Waals surface area contributed by atoms with Gasteiger partial charge in [-0.05, 0) is 56.2 Å². The summed E-state index contributed by atoms with van der Waals surface area (Å²) in [5, 5.41) is 8.47. The molecule has 0 aliphatic heterocycles. The maximum Gasteiger partial charge on any atom is 0.195 e. The first kappa shape index (κ1) is 14.1. The van der Waals surface area contributed by atoms with Crippen molar-refractivity contribution in [3.8, 4) is 11.4 Å². The Morgan fingerprint density at radius 3 is 2.91 bits per heavy atom. The van der Waals surface area contributed by atoms with Crippen LogP contribution in [0.5, 0.6) is 0 Å². The molecule has 2 aromatic heterocycles. The molecule has 0 spiro atoms. The van der Waals surface area contributed by atoms with Crippen LogP contribution in [0.2, 0.25) is 0 Å². The number of fused-ring (bicyclic) bond motifs is 1. The van der Waals surface area contributed by atoms with Crippen molar-refractivity contribution in [1.29, 1.82) is 0 Å². The van der Waals surface area contributed by atoms with Crippen LogP contribution in [0.3, 0.4) is 0 Å². The molecule has 0 bridgehead atoms. The number of H-pyrrole nitrogens is 1. The Morgan fingerprint density at radius 2 is 2.18 bits per heavy atom. The fraction of sp³-hybridized carbons (Fsp3) is 0.312. The second kappa shape index (κ2) is 5.28. The number of nitrogens with zero attached hydrogens (tertiary/aromatic N) is 3. The summed E-state index contributed by atoms with van der Waals surface area (Å²) in [5.74, 6) is 1.49. The van der Waals surface area contributed by atoms with E-state index in [-0.39, 0.29) is 0 Å². The Hall–Kier alpha value is -1.53. The fourth-order valence-corrected chi connectivity index (χ4v) is 3.43. The van der Waals surface area contributed by atoms with E-state index in [9.17, 15) is 0 Å². The molecule has 4 rings (SSSR count). The number of benzene rings is 1. The lowest BCUT2D eigenvalue weighted by molar-refractivity contribution is 0.756. The van der Waals surface area contributed by atoms with Crippen molar-refractivity contribution in [3.05, 3.63) is 39.2 Å². The lowest BCUT2D eigenvalue weighted by Gasteiger charge is -2.10. The number of pyridine rings is 1. The molecule has 1 N–H and O–H groups in total. The van der Waals surface area contributed by atoms with Gasteiger partial charge >= 0.3 is 0 Å². The molecule has 1 saturated carbocycles. The Kier molecular flexibility index (Phi) is 3.38. The van der Waals surface area contributed by atoms with Crippen molar-refractivity contribution in [2.75, 3.05) is 0 Å². The van der Waals surface area contributed by atoms with Crippen molar-refractivity contribution in [2.45, 2.75) is 32.2 Å². The number of nitrogens with one attached hydrogen (secondary N) is 1. The Balaban J connectivity index is 2.05. The minimum Gasteiger partial charge on any atom is -0.300 e. The first-order valence-corrected chi connectivity index (χ1v) is 8.63. The monoisotopic (exact) mass is 374 g/mol. The highest BCUT2D eigenvalue weighted by atomic mass is 79.9. The van der Waals surface area contributed by atoms with Crippen LogP contribution < -0.4 is 0 Å². The summed E-state index contributed by atoms with van der Waals surface area (Å²) in [6, 6.07) is 8.38. The predicted molar refractivity (Wildman–Crippen MR) is 93.5 cm³/mol. The molecule has 1 aliphatic carbocycles. The number of hydrogen-bond acceptors (Lipinski definition) is 3. The van der Waals surface area contributed by atoms with Gasteiger partial charge in [-0.3, -0.25) is 10.1 Å². The third-order valence-corrected chi connectivity index (χ3v) is 4.91. The third-order valence-electron chi connectivity index (χ3n) is 4.10. The van der Waals surface area contributed by atoms with Crippen LogP contribution in [0.15, 0.2) is 28.7 Å². The van der Waals surface area contributed by atoms with Gasteiger partial charge in [0.1, 0.15) is 0 Å². The minimum absolute atomic E-state index is 0.601. The average Bonchev–Trinajstić information content (AvgIpc) is 3.29. The zero-order valence-electron chi connectivity index (χ0n) is 12.1. The van der Waals surface area contributed by atoms with Crippen LogP contribution in [0.25, 0.3) is 22.3 Å². The smallest absolute Gasteiger partial charge is 0.195 e. The summed E-state index contributed by atoms with van der Waals surface area (Å²) >= 11 is 8.89. The standard InChI is InChI=1S/C16H15BrN4S/c1-2-21-15(19-20-16(21)22)12-8-14(9-3-4-9)18-13-6-5-10(17)7-11(12)13/h5-9H,2-4H2,1H3,(H,20,22). The molecule has 2 heterocycles. The van der Waals surface area contributed by atoms with E-state index in [1.807, 2.05) is 10.6 Å². The fourth-order valence-electron chi connectivity index (χ4n) is 2.81. The number of halogens is 1. The lowest BCUT2D eigenvalue weighted by Crippen LogP contribution is -2.00. The van der Waals surface area contributed by atoms with Crippen molar-refractivity contribution >= 4 is 39.1 Å². The summed E-state index contributed by atoms with van der Waals surface area (Å²) in [5.41, 5.74) is 3.28. The minimum atomic E-state index is 0.601. The Morgan fingerprint density at radius 1 is 1.36 bits per heavy atom. The molecule has 0 unspecified atom stereocenters. The number of rotatable bonds is 3. The molecular weight excluding hydrogens is 360 g/mol. The molecule has 1 fully saturated rings. The van der Waals surface area contributed by atoms with Gasteiger partial charge in [0.15, 0.2) is 10.6 Å². The number of hydrogen-bond donors (Lipinski definition) is 1. The Bertz CT molecular complexity index is 924. The van der Waals surface area contributed by atoms with Gasteiger partial charge < -0.3 is 4.57 Å². The van der Waals surface area contributed by atoms with Crippen molar-refractivity contribution in [2.24, 2.45) is 0 Å². The number of aromatic amines is 1. The highest BCUT2D eigenvalue weighted by molar-refractivity contribution is 9.10. The average molecular weight is 375 g/mol. The molecule has 0 saturated heterocycles. The summed E-state index contributed by atoms with van der Waals surface area (Å²) < 4.78 is 3.73. The van der Waals surface area contributed by atoms with Gasteiger partial charge in [-0.2, -0.15) is 5.10 Å². The van der Waals surface area contributed by atoms with E-state index in [0.717, 1.165) is 33.3 Å². The zero-order chi connectivity index (χ0) is 15.3. The maximum absolute atomic E-state index is 5.34. The normalized spacial score (nSPS) is 14.6. The molecule has 4 nitrogen and oxygen atoms in total. The van der Waals surface area contributed by atoms with Crippen LogP contribution in [0, 0.1) is 4.77 Å². The molecule has 3 aromatic rings. The van der Waals surface area contributed by atoms with E-state index in [2.05, 4.69) is 51.3 Å². The van der Waals surface area contributed by atoms with Crippen LogP contribution in [-0.2, 0) is 6.54 Å². The summed E-state index contributed by atoms with van der Waals surface area (Å²) in [6.07, 6.45) is 2.46. The van der Waals surface area contributed by atoms with E-state index in [4.69, 9.17) is 17.2 Å². The second-order valence-electron chi connectivity index (χ2n) is 5.63. The molecule has 22 heavy (non-hydrogen) atoms. The summed E-state index contributed by atoms with van der Waals surface area (Å²) in [6.45, 7) is 2.87. The van der Waals surface area contributed by atoms with E-state index < -0.39 is 0 Å². The highest BCUT2D eigenvalue weighted by Crippen LogP contribution is 2.41. The van der Waals surface area contributed by atoms with Crippen LogP contribution >= 0.6 is 28.1 Å². The lowest BCUT2D eigenvalue weighted by atomic mass is 10.1. The second-order valence-corrected chi connectivity index (χ2v) is 6.93. The predicted octanol–water partition coefficient (Wildman–Crippen LogP) is 4.82. The maximum atomic E-state index is 5.34. The van der Waals surface area contributed by atoms with Crippen molar-refractivity contribution in [1.82, 2.24) is 19.7 Å². The molecule has 0 amide bonds. The quantitative estimate of drug-likeness (QED) is 0.668. The van der Waals surface area contributed by atoms with Gasteiger partial charge in [0.25, 0.3) is 0 Å². The molecular formula is C16H15BrN4S. The van der Waals surface area contributed by atoms with Crippen molar-refractivity contribution in [3.63, 3.8) is 0 Å². The number of aromatic nitrogens is 4. The van der Waals surface area contributed by atoms with Gasteiger partial charge in [0, 0.05) is 33.6 Å². The summed E-state index contributed by atoms with van der Waals surface area (Å²) in [7, 11) is 0. The van der Waals surface area contributed by atoms with Crippen LogP contribution in [0.1, 0.15) is 31.4 Å². The molecule has 6 heteroatoms. The largest absolute Gasteiger partial charge is 0.300 e. The third kappa shape index (κ3) is 2.30. The van der Waals surface area contributed by atoms with E-state index in [0.29, 0.717) is 10.7 Å². The molecule has 1 aromatic carbocycles. The van der Waals surface area contributed by atoms with Crippen LogP contribution in [0.4, 0.5) is 0 Å². The topological polar surface area (TPSA) is 46.5 Å². The zero-order valence-corrected chi connectivity index (χ0v) is 14.5. The SMILES string of the molecule is CCn1c(-c2cc(C3CC3)nc3ccc(Br)cc23)n[nH]c1=S. The van der Waals surface area contributed by atoms with E-state index >= 15 is 0 Å². The first-order valence-electron chi connectivity index (χ1n) is 7.43. The van der Waals surface area contributed by atoms with Gasteiger partial charge in [-0.25, -0.2) is 0 Å². The van der Waals surface area contributed by atoms with Gasteiger partial charge in [0.2, 0.25) is 0 Å². The molecule has 112 valence electrons. The van der Waals surface area contributed by atoms with Crippen molar-refractivity contribution < 1.29 is 0 Å². The van der Waals surface area contributed by atoms with Gasteiger partial charge in [-0.1, -0.05) is 15.9 Å². The van der Waals surface area contributed by atoms with Gasteiger partial charge in [0.05, 0.1) is 5.52 Å². The Labute approximate surface area is 141 Å². The van der Waals surface area contributed by atoms with Gasteiger partial charge in [-0.15, -0.1) is 0 Å². The molecule has 0 atom stereocenters. The first-order chi connectivity index (χ1) is 10.7. The molecule has 1 aliphatic rings. The van der Waals surface area contributed by atoms with E-state index in [1.54, 1.807) is 0 Å².